The van der Waals surface area contributed by atoms with Gasteiger partial charge in [-0.25, -0.2) is 4.79 Å². The summed E-state index contributed by atoms with van der Waals surface area (Å²) in [7, 11) is 0. The van der Waals surface area contributed by atoms with Crippen LogP contribution in [0.3, 0.4) is 0 Å². The topological polar surface area (TPSA) is 32.3 Å². The fourth-order valence-electron chi connectivity index (χ4n) is 2.62. The number of carbonyl (C=O) groups is 1. The molecule has 1 aliphatic heterocycles. The lowest BCUT2D eigenvalue weighted by molar-refractivity contribution is 0.195. The predicted octanol–water partition coefficient (Wildman–Crippen LogP) is 3.72. The van der Waals surface area contributed by atoms with E-state index in [9.17, 15) is 4.79 Å². The number of nitrogens with zero attached hydrogens (tertiary/aromatic N) is 1. The average molecular weight is 260 g/mol. The van der Waals surface area contributed by atoms with E-state index in [1.807, 2.05) is 23.1 Å². The fourth-order valence-corrected chi connectivity index (χ4v) is 2.62. The van der Waals surface area contributed by atoms with Crippen LogP contribution in [0.2, 0.25) is 0 Å². The second-order valence-electron chi connectivity index (χ2n) is 5.22. The first-order valence-corrected chi connectivity index (χ1v) is 7.41. The van der Waals surface area contributed by atoms with Crippen molar-refractivity contribution in [3.8, 4) is 0 Å². The van der Waals surface area contributed by atoms with Gasteiger partial charge in [0.05, 0.1) is 6.04 Å². The van der Waals surface area contributed by atoms with Crippen LogP contribution in [-0.2, 0) is 0 Å². The van der Waals surface area contributed by atoms with E-state index < -0.39 is 0 Å². The SMILES string of the molecule is CCC(NC(=O)N1CCCCCC1)c1ccccc1. The van der Waals surface area contributed by atoms with E-state index >= 15 is 0 Å². The zero-order chi connectivity index (χ0) is 13.5. The molecule has 0 saturated carbocycles. The number of urea groups is 1. The van der Waals surface area contributed by atoms with Crippen LogP contribution in [-0.4, -0.2) is 24.0 Å². The normalized spacial score (nSPS) is 17.6. The Hall–Kier alpha value is -1.51. The molecule has 2 amide bonds. The Bertz CT molecular complexity index is 383. The second kappa shape index (κ2) is 7.17. The zero-order valence-corrected chi connectivity index (χ0v) is 11.8. The molecule has 1 aromatic rings. The third kappa shape index (κ3) is 3.98. The van der Waals surface area contributed by atoms with Crippen LogP contribution in [0, 0.1) is 0 Å². The summed E-state index contributed by atoms with van der Waals surface area (Å²) in [5.74, 6) is 0. The summed E-state index contributed by atoms with van der Waals surface area (Å²) < 4.78 is 0. The molecule has 0 aromatic heterocycles. The highest BCUT2D eigenvalue weighted by Crippen LogP contribution is 2.17. The van der Waals surface area contributed by atoms with Gasteiger partial charge in [0.2, 0.25) is 0 Å². The van der Waals surface area contributed by atoms with Crippen molar-refractivity contribution in [1.29, 1.82) is 0 Å². The number of benzene rings is 1. The monoisotopic (exact) mass is 260 g/mol. The van der Waals surface area contributed by atoms with Crippen molar-refractivity contribution in [2.45, 2.75) is 45.1 Å². The summed E-state index contributed by atoms with van der Waals surface area (Å²) >= 11 is 0. The highest BCUT2D eigenvalue weighted by Gasteiger charge is 2.18. The molecule has 1 aromatic carbocycles. The molecule has 1 heterocycles. The Morgan fingerprint density at radius 2 is 1.79 bits per heavy atom. The van der Waals surface area contributed by atoms with Crippen LogP contribution in [0.5, 0.6) is 0 Å². The van der Waals surface area contributed by atoms with E-state index in [4.69, 9.17) is 0 Å². The standard InChI is InChI=1S/C16H24N2O/c1-2-15(14-10-6-5-7-11-14)17-16(19)18-12-8-3-4-9-13-18/h5-7,10-11,15H,2-4,8-9,12-13H2,1H3,(H,17,19). The minimum atomic E-state index is 0.0950. The number of hydrogen-bond donors (Lipinski definition) is 1. The molecule has 1 N–H and O–H groups in total. The summed E-state index contributed by atoms with van der Waals surface area (Å²) in [5, 5.41) is 3.17. The van der Waals surface area contributed by atoms with Crippen LogP contribution >= 0.6 is 0 Å². The number of rotatable bonds is 3. The van der Waals surface area contributed by atoms with Gasteiger partial charge < -0.3 is 10.2 Å². The van der Waals surface area contributed by atoms with Crippen molar-refractivity contribution < 1.29 is 4.79 Å². The molecule has 19 heavy (non-hydrogen) atoms. The van der Waals surface area contributed by atoms with Crippen molar-refractivity contribution in [3.63, 3.8) is 0 Å². The Morgan fingerprint density at radius 1 is 1.16 bits per heavy atom. The van der Waals surface area contributed by atoms with E-state index in [0.717, 1.165) is 32.4 Å². The molecule has 1 saturated heterocycles. The molecule has 3 nitrogen and oxygen atoms in total. The van der Waals surface area contributed by atoms with Gasteiger partial charge in [-0.15, -0.1) is 0 Å². The second-order valence-corrected chi connectivity index (χ2v) is 5.22. The van der Waals surface area contributed by atoms with Crippen molar-refractivity contribution in [1.82, 2.24) is 10.2 Å². The highest BCUT2D eigenvalue weighted by atomic mass is 16.2. The molecule has 0 aliphatic carbocycles. The summed E-state index contributed by atoms with van der Waals surface area (Å²) in [6.45, 7) is 3.91. The third-order valence-corrected chi connectivity index (χ3v) is 3.80. The van der Waals surface area contributed by atoms with Gasteiger partial charge in [0, 0.05) is 13.1 Å². The fraction of sp³-hybridized carbons (Fsp3) is 0.562. The maximum atomic E-state index is 12.3. The minimum absolute atomic E-state index is 0.0950. The Balaban J connectivity index is 1.96. The lowest BCUT2D eigenvalue weighted by Crippen LogP contribution is -2.42. The van der Waals surface area contributed by atoms with Crippen LogP contribution in [0.4, 0.5) is 4.79 Å². The molecule has 1 fully saturated rings. The van der Waals surface area contributed by atoms with Crippen molar-refractivity contribution in [2.75, 3.05) is 13.1 Å². The van der Waals surface area contributed by atoms with Gasteiger partial charge >= 0.3 is 6.03 Å². The van der Waals surface area contributed by atoms with Gasteiger partial charge in [0.15, 0.2) is 0 Å². The van der Waals surface area contributed by atoms with Crippen LogP contribution in [0.25, 0.3) is 0 Å². The minimum Gasteiger partial charge on any atom is -0.331 e. The molecular weight excluding hydrogens is 236 g/mol. The van der Waals surface area contributed by atoms with Crippen molar-refractivity contribution >= 4 is 6.03 Å². The van der Waals surface area contributed by atoms with Gasteiger partial charge in [-0.2, -0.15) is 0 Å². The zero-order valence-electron chi connectivity index (χ0n) is 11.8. The first kappa shape index (κ1) is 13.9. The van der Waals surface area contributed by atoms with E-state index in [2.05, 4.69) is 24.4 Å². The quantitative estimate of drug-likeness (QED) is 0.882. The van der Waals surface area contributed by atoms with Gasteiger partial charge in [0.25, 0.3) is 0 Å². The van der Waals surface area contributed by atoms with Gasteiger partial charge in [0.1, 0.15) is 0 Å². The average Bonchev–Trinajstić information content (AvgIpc) is 2.74. The number of hydrogen-bond acceptors (Lipinski definition) is 1. The van der Waals surface area contributed by atoms with Crippen LogP contribution in [0.1, 0.15) is 50.6 Å². The summed E-state index contributed by atoms with van der Waals surface area (Å²) in [6.07, 6.45) is 5.69. The maximum Gasteiger partial charge on any atom is 0.317 e. The molecule has 104 valence electrons. The number of nitrogens with one attached hydrogen (secondary N) is 1. The lowest BCUT2D eigenvalue weighted by atomic mass is 10.1. The largest absolute Gasteiger partial charge is 0.331 e. The summed E-state index contributed by atoms with van der Waals surface area (Å²) in [5.41, 5.74) is 1.19. The molecule has 3 heteroatoms. The summed E-state index contributed by atoms with van der Waals surface area (Å²) in [4.78, 5) is 14.3. The number of likely N-dealkylation sites (tertiary alicyclic amines) is 1. The predicted molar refractivity (Wildman–Crippen MR) is 78.0 cm³/mol. The molecule has 1 unspecified atom stereocenters. The van der Waals surface area contributed by atoms with Crippen LogP contribution < -0.4 is 5.32 Å². The van der Waals surface area contributed by atoms with Gasteiger partial charge in [-0.1, -0.05) is 50.1 Å². The van der Waals surface area contributed by atoms with E-state index in [1.165, 1.54) is 18.4 Å². The lowest BCUT2D eigenvalue weighted by Gasteiger charge is -2.25. The molecule has 0 spiro atoms. The van der Waals surface area contributed by atoms with E-state index in [0.29, 0.717) is 0 Å². The smallest absolute Gasteiger partial charge is 0.317 e. The molecule has 2 rings (SSSR count). The third-order valence-electron chi connectivity index (χ3n) is 3.80. The highest BCUT2D eigenvalue weighted by molar-refractivity contribution is 5.74. The Labute approximate surface area is 116 Å². The van der Waals surface area contributed by atoms with Gasteiger partial charge in [-0.3, -0.25) is 0 Å². The van der Waals surface area contributed by atoms with Crippen LogP contribution in [0.15, 0.2) is 30.3 Å². The molecule has 1 aliphatic rings. The molecular formula is C16H24N2O. The molecule has 0 bridgehead atoms. The Kier molecular flexibility index (Phi) is 5.25. The first-order valence-electron chi connectivity index (χ1n) is 7.41. The van der Waals surface area contributed by atoms with Crippen molar-refractivity contribution in [2.24, 2.45) is 0 Å². The summed E-state index contributed by atoms with van der Waals surface area (Å²) in [6, 6.07) is 10.4. The van der Waals surface area contributed by atoms with Gasteiger partial charge in [-0.05, 0) is 24.8 Å². The molecule has 1 atom stereocenters. The number of carbonyl (C=O) groups excluding carboxylic acids is 1. The van der Waals surface area contributed by atoms with Crippen molar-refractivity contribution in [3.05, 3.63) is 35.9 Å². The van der Waals surface area contributed by atoms with E-state index in [-0.39, 0.29) is 12.1 Å². The number of amides is 2. The Morgan fingerprint density at radius 3 is 2.37 bits per heavy atom. The molecule has 0 radical (unpaired) electrons. The first-order chi connectivity index (χ1) is 9.31. The maximum absolute atomic E-state index is 12.3. The van der Waals surface area contributed by atoms with E-state index in [1.54, 1.807) is 0 Å².